The molecule has 14 heavy (non-hydrogen) atoms. The van der Waals surface area contributed by atoms with E-state index in [4.69, 9.17) is 14.6 Å². The zero-order chi connectivity index (χ0) is 9.97. The maximum Gasteiger partial charge on any atom is 0.335 e. The van der Waals surface area contributed by atoms with Crippen molar-refractivity contribution < 1.29 is 19.4 Å². The standard InChI is InChI=1S/C10H8O4/c11-9(12)7-1-3-8(4-2-7)10-13-5-6-14-10/h1-6,10H,(H,11,12). The molecule has 0 saturated heterocycles. The maximum atomic E-state index is 10.6. The summed E-state index contributed by atoms with van der Waals surface area (Å²) in [5.74, 6) is -0.942. The molecular weight excluding hydrogens is 184 g/mol. The van der Waals surface area contributed by atoms with Crippen molar-refractivity contribution in [1.29, 1.82) is 0 Å². The molecule has 0 aromatic heterocycles. The van der Waals surface area contributed by atoms with Gasteiger partial charge in [-0.1, -0.05) is 12.1 Å². The average Bonchev–Trinajstić information content (AvgIpc) is 2.71. The Balaban J connectivity index is 2.17. The molecule has 0 atom stereocenters. The summed E-state index contributed by atoms with van der Waals surface area (Å²) in [6, 6.07) is 6.37. The molecule has 72 valence electrons. The Kier molecular flexibility index (Phi) is 2.10. The first-order valence-electron chi connectivity index (χ1n) is 4.06. The Bertz CT molecular complexity index is 358. The molecule has 1 aromatic carbocycles. The van der Waals surface area contributed by atoms with Crippen molar-refractivity contribution in [2.24, 2.45) is 0 Å². The summed E-state index contributed by atoms with van der Waals surface area (Å²) >= 11 is 0. The summed E-state index contributed by atoms with van der Waals surface area (Å²) < 4.78 is 10.2. The van der Waals surface area contributed by atoms with E-state index in [1.165, 1.54) is 24.7 Å². The van der Waals surface area contributed by atoms with E-state index in [2.05, 4.69) is 0 Å². The van der Waals surface area contributed by atoms with Crippen molar-refractivity contribution in [3.8, 4) is 0 Å². The van der Waals surface area contributed by atoms with Gasteiger partial charge in [0, 0.05) is 5.56 Å². The van der Waals surface area contributed by atoms with Crippen LogP contribution < -0.4 is 0 Å². The van der Waals surface area contributed by atoms with E-state index in [1.807, 2.05) is 0 Å². The lowest BCUT2D eigenvalue weighted by Crippen LogP contribution is -2.00. The van der Waals surface area contributed by atoms with Crippen LogP contribution in [0.3, 0.4) is 0 Å². The van der Waals surface area contributed by atoms with Gasteiger partial charge in [0.25, 0.3) is 6.29 Å². The largest absolute Gasteiger partial charge is 0.478 e. The van der Waals surface area contributed by atoms with Crippen LogP contribution in [0.25, 0.3) is 0 Å². The van der Waals surface area contributed by atoms with E-state index in [9.17, 15) is 4.79 Å². The van der Waals surface area contributed by atoms with Gasteiger partial charge in [0.05, 0.1) is 5.56 Å². The zero-order valence-electron chi connectivity index (χ0n) is 7.21. The Morgan fingerprint density at radius 3 is 2.21 bits per heavy atom. The first kappa shape index (κ1) is 8.62. The fourth-order valence-corrected chi connectivity index (χ4v) is 1.18. The van der Waals surface area contributed by atoms with E-state index in [0.29, 0.717) is 0 Å². The van der Waals surface area contributed by atoms with Crippen LogP contribution >= 0.6 is 0 Å². The van der Waals surface area contributed by atoms with Crippen LogP contribution in [0.15, 0.2) is 36.8 Å². The number of carbonyl (C=O) groups is 1. The van der Waals surface area contributed by atoms with Gasteiger partial charge in [0.15, 0.2) is 0 Å². The summed E-state index contributed by atoms with van der Waals surface area (Å²) in [6.07, 6.45) is 2.46. The van der Waals surface area contributed by atoms with Gasteiger partial charge in [-0.2, -0.15) is 0 Å². The van der Waals surface area contributed by atoms with Gasteiger partial charge >= 0.3 is 5.97 Å². The number of carboxylic acids is 1. The molecule has 0 unspecified atom stereocenters. The molecule has 1 aromatic rings. The van der Waals surface area contributed by atoms with Gasteiger partial charge in [-0.05, 0) is 12.1 Å². The normalized spacial score (nSPS) is 14.9. The van der Waals surface area contributed by atoms with Gasteiger partial charge in [0.1, 0.15) is 12.5 Å². The molecule has 2 rings (SSSR count). The van der Waals surface area contributed by atoms with Gasteiger partial charge in [-0.25, -0.2) is 4.79 Å². The van der Waals surface area contributed by atoms with Crippen molar-refractivity contribution in [2.45, 2.75) is 6.29 Å². The van der Waals surface area contributed by atoms with Gasteiger partial charge in [-0.15, -0.1) is 0 Å². The van der Waals surface area contributed by atoms with Crippen LogP contribution in [-0.4, -0.2) is 11.1 Å². The molecule has 0 radical (unpaired) electrons. The minimum atomic E-state index is -0.942. The summed E-state index contributed by atoms with van der Waals surface area (Å²) in [7, 11) is 0. The summed E-state index contributed by atoms with van der Waals surface area (Å²) in [5.41, 5.74) is 1.04. The highest BCUT2D eigenvalue weighted by molar-refractivity contribution is 5.87. The molecule has 1 N–H and O–H groups in total. The van der Waals surface area contributed by atoms with Crippen LogP contribution in [0, 0.1) is 0 Å². The van der Waals surface area contributed by atoms with Crippen molar-refractivity contribution in [3.63, 3.8) is 0 Å². The lowest BCUT2D eigenvalue weighted by atomic mass is 10.1. The third-order valence-corrected chi connectivity index (χ3v) is 1.89. The molecule has 0 spiro atoms. The highest BCUT2D eigenvalue weighted by atomic mass is 16.7. The van der Waals surface area contributed by atoms with Crippen LogP contribution in [0.1, 0.15) is 22.2 Å². The fourth-order valence-electron chi connectivity index (χ4n) is 1.18. The molecule has 0 bridgehead atoms. The molecule has 1 heterocycles. The molecule has 1 aliphatic rings. The SMILES string of the molecule is O=C(O)c1ccc(C2OC=CO2)cc1. The van der Waals surface area contributed by atoms with E-state index < -0.39 is 12.3 Å². The Hall–Kier alpha value is -1.97. The predicted octanol–water partition coefficient (Wildman–Crippen LogP) is 1.90. The summed E-state index contributed by atoms with van der Waals surface area (Å²) in [4.78, 5) is 10.6. The smallest absolute Gasteiger partial charge is 0.335 e. The maximum absolute atomic E-state index is 10.6. The molecule has 1 aliphatic heterocycles. The molecular formula is C10H8O4. The number of hydrogen-bond acceptors (Lipinski definition) is 3. The number of rotatable bonds is 2. The number of benzene rings is 1. The van der Waals surface area contributed by atoms with Crippen LogP contribution in [-0.2, 0) is 9.47 Å². The van der Waals surface area contributed by atoms with E-state index in [0.717, 1.165) is 5.56 Å². The molecule has 0 amide bonds. The lowest BCUT2D eigenvalue weighted by molar-refractivity contribution is -0.0246. The van der Waals surface area contributed by atoms with Crippen molar-refractivity contribution in [2.75, 3.05) is 0 Å². The van der Waals surface area contributed by atoms with Gasteiger partial charge in [-0.3, -0.25) is 0 Å². The monoisotopic (exact) mass is 192 g/mol. The number of aromatic carboxylic acids is 1. The van der Waals surface area contributed by atoms with Crippen LogP contribution in [0.2, 0.25) is 0 Å². The van der Waals surface area contributed by atoms with E-state index in [-0.39, 0.29) is 5.56 Å². The van der Waals surface area contributed by atoms with E-state index >= 15 is 0 Å². The highest BCUT2D eigenvalue weighted by Crippen LogP contribution is 2.23. The van der Waals surface area contributed by atoms with Crippen molar-refractivity contribution in [1.82, 2.24) is 0 Å². The quantitative estimate of drug-likeness (QED) is 0.777. The highest BCUT2D eigenvalue weighted by Gasteiger charge is 2.15. The summed E-state index contributed by atoms with van der Waals surface area (Å²) in [5, 5.41) is 8.67. The second-order valence-corrected chi connectivity index (χ2v) is 2.80. The molecule has 4 heteroatoms. The minimum Gasteiger partial charge on any atom is -0.478 e. The predicted molar refractivity (Wildman–Crippen MR) is 47.5 cm³/mol. The second-order valence-electron chi connectivity index (χ2n) is 2.80. The lowest BCUT2D eigenvalue weighted by Gasteiger charge is -2.09. The molecule has 0 aliphatic carbocycles. The van der Waals surface area contributed by atoms with Gasteiger partial charge < -0.3 is 14.6 Å². The first-order chi connectivity index (χ1) is 6.77. The first-order valence-corrected chi connectivity index (χ1v) is 4.06. The second kappa shape index (κ2) is 3.41. The number of carboxylic acid groups (broad SMARTS) is 1. The number of ether oxygens (including phenoxy) is 2. The van der Waals surface area contributed by atoms with E-state index in [1.54, 1.807) is 12.1 Å². The fraction of sp³-hybridized carbons (Fsp3) is 0.100. The van der Waals surface area contributed by atoms with Crippen molar-refractivity contribution in [3.05, 3.63) is 47.9 Å². The zero-order valence-corrected chi connectivity index (χ0v) is 7.21. The third-order valence-electron chi connectivity index (χ3n) is 1.89. The van der Waals surface area contributed by atoms with Crippen LogP contribution in [0.4, 0.5) is 0 Å². The molecule has 0 saturated carbocycles. The Morgan fingerprint density at radius 1 is 1.14 bits per heavy atom. The third kappa shape index (κ3) is 1.54. The minimum absolute atomic E-state index is 0.250. The Labute approximate surface area is 80.4 Å². The van der Waals surface area contributed by atoms with Crippen molar-refractivity contribution >= 4 is 5.97 Å². The summed E-state index contributed by atoms with van der Waals surface area (Å²) in [6.45, 7) is 0. The Morgan fingerprint density at radius 2 is 1.71 bits per heavy atom. The molecule has 0 fully saturated rings. The van der Waals surface area contributed by atoms with Gasteiger partial charge in [0.2, 0.25) is 0 Å². The number of hydrogen-bond donors (Lipinski definition) is 1. The molecule has 4 nitrogen and oxygen atoms in total. The topological polar surface area (TPSA) is 55.8 Å². The van der Waals surface area contributed by atoms with Crippen LogP contribution in [0.5, 0.6) is 0 Å². The average molecular weight is 192 g/mol.